The van der Waals surface area contributed by atoms with Crippen molar-refractivity contribution in [3.63, 3.8) is 0 Å². The molecule has 0 aliphatic heterocycles. The molecule has 5 heteroatoms. The fraction of sp³-hybridized carbons (Fsp3) is 0.429. The summed E-state index contributed by atoms with van der Waals surface area (Å²) in [4.78, 5) is 8.60. The monoisotopic (exact) mass is 260 g/mol. The van der Waals surface area contributed by atoms with Gasteiger partial charge in [0.25, 0.3) is 0 Å². The van der Waals surface area contributed by atoms with Gasteiger partial charge in [0.1, 0.15) is 0 Å². The van der Waals surface area contributed by atoms with E-state index < -0.39 is 0 Å². The normalized spacial score (nSPS) is 10.6. The van der Waals surface area contributed by atoms with Gasteiger partial charge in [-0.15, -0.1) is 0 Å². The zero-order valence-electron chi connectivity index (χ0n) is 11.5. The first-order valence-corrected chi connectivity index (χ1v) is 6.45. The van der Waals surface area contributed by atoms with Crippen molar-refractivity contribution in [1.29, 1.82) is 0 Å². The van der Waals surface area contributed by atoms with Crippen LogP contribution in [0.25, 0.3) is 0 Å². The molecular weight excluding hydrogens is 240 g/mol. The maximum Gasteiger partial charge on any atom is 0.203 e. The van der Waals surface area contributed by atoms with Gasteiger partial charge in [0.05, 0.1) is 12.3 Å². The summed E-state index contributed by atoms with van der Waals surface area (Å²) >= 11 is 0. The Morgan fingerprint density at radius 1 is 1.42 bits per heavy atom. The Labute approximate surface area is 113 Å². The summed E-state index contributed by atoms with van der Waals surface area (Å²) < 4.78 is 7.17. The van der Waals surface area contributed by atoms with Crippen LogP contribution >= 0.6 is 0 Å². The highest BCUT2D eigenvalue weighted by atomic mass is 16.5. The van der Waals surface area contributed by atoms with Gasteiger partial charge in [-0.05, 0) is 25.0 Å². The van der Waals surface area contributed by atoms with Crippen LogP contribution in [-0.2, 0) is 17.7 Å². The van der Waals surface area contributed by atoms with Crippen LogP contribution in [0.3, 0.4) is 0 Å². The molecule has 2 aromatic rings. The van der Waals surface area contributed by atoms with Gasteiger partial charge >= 0.3 is 0 Å². The van der Waals surface area contributed by atoms with Gasteiger partial charge in [0, 0.05) is 38.8 Å². The predicted octanol–water partition coefficient (Wildman–Crippen LogP) is 1.89. The molecule has 5 nitrogen and oxygen atoms in total. The zero-order chi connectivity index (χ0) is 13.5. The fourth-order valence-electron chi connectivity index (χ4n) is 1.92. The molecule has 2 rings (SSSR count). The fourth-order valence-corrected chi connectivity index (χ4v) is 1.92. The highest BCUT2D eigenvalue weighted by Crippen LogP contribution is 2.10. The number of aryl methyl sites for hydroxylation is 3. The standard InChI is InChI=1S/C14H20N4O/c1-12-11-18(14(17-12)16-7-9-19-2)8-5-13-4-3-6-15-10-13/h3-4,6,10-11H,5,7-9H2,1-2H3,(H,16,17). The Kier molecular flexibility index (Phi) is 4.92. The molecule has 0 spiro atoms. The number of anilines is 1. The van der Waals surface area contributed by atoms with Crippen LogP contribution in [0.4, 0.5) is 5.95 Å². The molecule has 0 fully saturated rings. The summed E-state index contributed by atoms with van der Waals surface area (Å²) in [6.07, 6.45) is 6.71. The summed E-state index contributed by atoms with van der Waals surface area (Å²) in [5, 5.41) is 3.28. The van der Waals surface area contributed by atoms with Gasteiger partial charge in [-0.3, -0.25) is 4.98 Å². The molecule has 0 amide bonds. The molecule has 0 radical (unpaired) electrons. The summed E-state index contributed by atoms with van der Waals surface area (Å²) in [5.41, 5.74) is 2.25. The Morgan fingerprint density at radius 3 is 3.05 bits per heavy atom. The maximum absolute atomic E-state index is 5.03. The van der Waals surface area contributed by atoms with Crippen LogP contribution in [-0.4, -0.2) is 34.8 Å². The smallest absolute Gasteiger partial charge is 0.203 e. The molecule has 0 aromatic carbocycles. The van der Waals surface area contributed by atoms with E-state index in [1.54, 1.807) is 13.3 Å². The molecule has 0 aliphatic rings. The van der Waals surface area contributed by atoms with Crippen LogP contribution < -0.4 is 5.32 Å². The van der Waals surface area contributed by atoms with E-state index in [0.717, 1.165) is 31.2 Å². The van der Waals surface area contributed by atoms with Gasteiger partial charge in [-0.2, -0.15) is 0 Å². The number of hydrogen-bond donors (Lipinski definition) is 1. The van der Waals surface area contributed by atoms with E-state index >= 15 is 0 Å². The Bertz CT molecular complexity index is 495. The van der Waals surface area contributed by atoms with Crippen LogP contribution in [0.5, 0.6) is 0 Å². The number of rotatable bonds is 7. The third-order valence-corrected chi connectivity index (χ3v) is 2.85. The van der Waals surface area contributed by atoms with Gasteiger partial charge in [0.2, 0.25) is 5.95 Å². The van der Waals surface area contributed by atoms with Crippen molar-refractivity contribution in [2.75, 3.05) is 25.6 Å². The first kappa shape index (κ1) is 13.5. The molecule has 2 aromatic heterocycles. The van der Waals surface area contributed by atoms with E-state index in [9.17, 15) is 0 Å². The van der Waals surface area contributed by atoms with Gasteiger partial charge in [0.15, 0.2) is 0 Å². The van der Waals surface area contributed by atoms with Crippen molar-refractivity contribution in [2.24, 2.45) is 0 Å². The van der Waals surface area contributed by atoms with Crippen molar-refractivity contribution >= 4 is 5.95 Å². The number of imidazole rings is 1. The van der Waals surface area contributed by atoms with E-state index in [-0.39, 0.29) is 0 Å². The molecule has 0 unspecified atom stereocenters. The second-order valence-electron chi connectivity index (χ2n) is 4.43. The van der Waals surface area contributed by atoms with Crippen molar-refractivity contribution in [3.05, 3.63) is 42.0 Å². The third kappa shape index (κ3) is 4.06. The van der Waals surface area contributed by atoms with E-state index in [2.05, 4.69) is 32.1 Å². The van der Waals surface area contributed by atoms with E-state index in [4.69, 9.17) is 4.74 Å². The first-order valence-electron chi connectivity index (χ1n) is 6.45. The van der Waals surface area contributed by atoms with Crippen LogP contribution in [0.2, 0.25) is 0 Å². The maximum atomic E-state index is 5.03. The average Bonchev–Trinajstić information content (AvgIpc) is 2.78. The van der Waals surface area contributed by atoms with Crippen molar-refractivity contribution in [2.45, 2.75) is 19.9 Å². The van der Waals surface area contributed by atoms with Crippen molar-refractivity contribution in [3.8, 4) is 0 Å². The summed E-state index contributed by atoms with van der Waals surface area (Å²) in [6.45, 7) is 4.33. The minimum atomic E-state index is 0.675. The number of pyridine rings is 1. The molecule has 0 atom stereocenters. The van der Waals surface area contributed by atoms with Crippen LogP contribution in [0.1, 0.15) is 11.3 Å². The second-order valence-corrected chi connectivity index (χ2v) is 4.43. The summed E-state index contributed by atoms with van der Waals surface area (Å²) in [5.74, 6) is 0.901. The quantitative estimate of drug-likeness (QED) is 0.772. The van der Waals surface area contributed by atoms with E-state index in [1.807, 2.05) is 19.2 Å². The van der Waals surface area contributed by atoms with Gasteiger partial charge < -0.3 is 14.6 Å². The number of hydrogen-bond acceptors (Lipinski definition) is 4. The topological polar surface area (TPSA) is 52.0 Å². The second kappa shape index (κ2) is 6.89. The summed E-state index contributed by atoms with van der Waals surface area (Å²) in [6, 6.07) is 4.06. The Balaban J connectivity index is 1.95. The van der Waals surface area contributed by atoms with Gasteiger partial charge in [-0.1, -0.05) is 6.07 Å². The Morgan fingerprint density at radius 2 is 2.32 bits per heavy atom. The molecule has 2 heterocycles. The number of ether oxygens (including phenoxy) is 1. The molecule has 19 heavy (non-hydrogen) atoms. The molecule has 1 N–H and O–H groups in total. The lowest BCUT2D eigenvalue weighted by molar-refractivity contribution is 0.210. The highest BCUT2D eigenvalue weighted by molar-refractivity contribution is 5.28. The van der Waals surface area contributed by atoms with E-state index in [0.29, 0.717) is 6.61 Å². The van der Waals surface area contributed by atoms with E-state index in [1.165, 1.54) is 5.56 Å². The number of nitrogens with zero attached hydrogens (tertiary/aromatic N) is 3. The zero-order valence-corrected chi connectivity index (χ0v) is 11.5. The molecule has 0 saturated heterocycles. The lowest BCUT2D eigenvalue weighted by atomic mass is 10.2. The number of aromatic nitrogens is 3. The SMILES string of the molecule is COCCNc1nc(C)cn1CCc1cccnc1. The summed E-state index contributed by atoms with van der Waals surface area (Å²) in [7, 11) is 1.70. The molecule has 102 valence electrons. The Hall–Kier alpha value is -1.88. The minimum absolute atomic E-state index is 0.675. The average molecular weight is 260 g/mol. The largest absolute Gasteiger partial charge is 0.383 e. The van der Waals surface area contributed by atoms with Crippen LogP contribution in [0, 0.1) is 6.92 Å². The predicted molar refractivity (Wildman–Crippen MR) is 75.3 cm³/mol. The molecule has 0 bridgehead atoms. The lowest BCUT2D eigenvalue weighted by Gasteiger charge is -2.09. The van der Waals surface area contributed by atoms with Crippen molar-refractivity contribution in [1.82, 2.24) is 14.5 Å². The molecule has 0 aliphatic carbocycles. The third-order valence-electron chi connectivity index (χ3n) is 2.85. The molecular formula is C14H20N4O. The lowest BCUT2D eigenvalue weighted by Crippen LogP contribution is -2.13. The van der Waals surface area contributed by atoms with Gasteiger partial charge in [-0.25, -0.2) is 4.98 Å². The highest BCUT2D eigenvalue weighted by Gasteiger charge is 2.05. The minimum Gasteiger partial charge on any atom is -0.383 e. The number of nitrogens with one attached hydrogen (secondary N) is 1. The first-order chi connectivity index (χ1) is 9.29. The van der Waals surface area contributed by atoms with Crippen molar-refractivity contribution < 1.29 is 4.74 Å². The number of methoxy groups -OCH3 is 1. The molecule has 0 saturated carbocycles. The van der Waals surface area contributed by atoms with Crippen LogP contribution in [0.15, 0.2) is 30.7 Å².